The topological polar surface area (TPSA) is 39.5 Å². The number of hydrogen-bond donors (Lipinski definition) is 1. The maximum Gasteiger partial charge on any atom is 0.102 e. The molecule has 0 atom stereocenters. The van der Waals surface area contributed by atoms with E-state index in [1.807, 2.05) is 13.8 Å². The highest BCUT2D eigenvalue weighted by Crippen LogP contribution is 1.78. The van der Waals surface area contributed by atoms with Crippen LogP contribution in [-0.2, 0) is 0 Å². The first-order chi connectivity index (χ1) is 3.66. The van der Waals surface area contributed by atoms with Crippen molar-refractivity contribution in [1.29, 1.82) is 5.41 Å². The zero-order valence-corrected chi connectivity index (χ0v) is 5.47. The molecule has 8 heavy (non-hydrogen) atoms. The smallest absolute Gasteiger partial charge is 0.102 e. The zero-order chi connectivity index (χ0) is 6.57. The van der Waals surface area contributed by atoms with Crippen LogP contribution in [0.1, 0.15) is 13.8 Å². The largest absolute Gasteiger partial charge is 0.290 e. The lowest BCUT2D eigenvalue weighted by molar-refractivity contribution is 0.557. The summed E-state index contributed by atoms with van der Waals surface area (Å²) >= 11 is 0. The van der Waals surface area contributed by atoms with E-state index in [4.69, 9.17) is 5.41 Å². The number of nitrogens with zero attached hydrogens (tertiary/aromatic N) is 2. The standard InChI is InChI=1S/C5H11N3/c1-5(2)7-8(3)4-6/h4,6H,1-3H3. The molecule has 0 aromatic carbocycles. The van der Waals surface area contributed by atoms with Gasteiger partial charge in [0, 0.05) is 12.8 Å². The summed E-state index contributed by atoms with van der Waals surface area (Å²) in [4.78, 5) is 0. The van der Waals surface area contributed by atoms with Gasteiger partial charge >= 0.3 is 0 Å². The molecule has 3 nitrogen and oxygen atoms in total. The van der Waals surface area contributed by atoms with Crippen molar-refractivity contribution >= 4 is 12.1 Å². The summed E-state index contributed by atoms with van der Waals surface area (Å²) in [5.74, 6) is 0. The molecule has 0 unspecified atom stereocenters. The molecule has 0 aliphatic carbocycles. The van der Waals surface area contributed by atoms with Gasteiger partial charge < -0.3 is 0 Å². The minimum absolute atomic E-state index is 0.955. The van der Waals surface area contributed by atoms with Crippen LogP contribution in [0.25, 0.3) is 0 Å². The van der Waals surface area contributed by atoms with Crippen LogP contribution in [0.3, 0.4) is 0 Å². The van der Waals surface area contributed by atoms with E-state index in [1.165, 1.54) is 5.01 Å². The molecule has 46 valence electrons. The van der Waals surface area contributed by atoms with Gasteiger partial charge in [0.1, 0.15) is 6.34 Å². The fourth-order valence-electron chi connectivity index (χ4n) is 0.344. The SMILES string of the molecule is CC(C)=NN(C)C=N. The van der Waals surface area contributed by atoms with Gasteiger partial charge in [0.05, 0.1) is 0 Å². The second-order valence-corrected chi connectivity index (χ2v) is 1.75. The Hall–Kier alpha value is -0.860. The Balaban J connectivity index is 3.68. The Kier molecular flexibility index (Phi) is 2.84. The van der Waals surface area contributed by atoms with E-state index in [9.17, 15) is 0 Å². The Labute approximate surface area is 49.5 Å². The third-order valence-electron chi connectivity index (χ3n) is 0.545. The molecule has 0 heterocycles. The first-order valence-corrected chi connectivity index (χ1v) is 2.42. The average molecular weight is 113 g/mol. The van der Waals surface area contributed by atoms with Gasteiger partial charge in [0.2, 0.25) is 0 Å². The Morgan fingerprint density at radius 1 is 1.62 bits per heavy atom. The molecule has 0 spiro atoms. The summed E-state index contributed by atoms with van der Waals surface area (Å²) in [6.45, 7) is 3.78. The van der Waals surface area contributed by atoms with E-state index in [1.54, 1.807) is 7.05 Å². The highest BCUT2D eigenvalue weighted by Gasteiger charge is 1.80. The Morgan fingerprint density at radius 2 is 2.12 bits per heavy atom. The third kappa shape index (κ3) is 3.33. The number of hydrogen-bond acceptors (Lipinski definition) is 2. The van der Waals surface area contributed by atoms with Crippen molar-refractivity contribution in [1.82, 2.24) is 5.01 Å². The van der Waals surface area contributed by atoms with Gasteiger partial charge in [-0.15, -0.1) is 0 Å². The number of nitrogens with one attached hydrogen (secondary N) is 1. The maximum atomic E-state index is 6.70. The van der Waals surface area contributed by atoms with Gasteiger partial charge in [-0.25, -0.2) is 0 Å². The molecule has 0 aromatic rings. The number of rotatable bonds is 2. The second-order valence-electron chi connectivity index (χ2n) is 1.75. The molecule has 0 bridgehead atoms. The molecule has 0 saturated heterocycles. The lowest BCUT2D eigenvalue weighted by Gasteiger charge is -2.02. The van der Waals surface area contributed by atoms with E-state index in [0.717, 1.165) is 12.1 Å². The normalized spacial score (nSPS) is 7.88. The summed E-state index contributed by atoms with van der Waals surface area (Å²) in [6.07, 6.45) is 1.16. The molecule has 0 rings (SSSR count). The van der Waals surface area contributed by atoms with Gasteiger partial charge in [0.25, 0.3) is 0 Å². The maximum absolute atomic E-state index is 6.70. The van der Waals surface area contributed by atoms with Crippen molar-refractivity contribution < 1.29 is 0 Å². The van der Waals surface area contributed by atoms with Crippen molar-refractivity contribution in [2.75, 3.05) is 7.05 Å². The molecule has 1 N–H and O–H groups in total. The monoisotopic (exact) mass is 113 g/mol. The number of hydrazone groups is 1. The van der Waals surface area contributed by atoms with Crippen LogP contribution < -0.4 is 0 Å². The van der Waals surface area contributed by atoms with Crippen molar-refractivity contribution in [2.45, 2.75) is 13.8 Å². The summed E-state index contributed by atoms with van der Waals surface area (Å²) in [7, 11) is 1.72. The van der Waals surface area contributed by atoms with Gasteiger partial charge in [0.15, 0.2) is 0 Å². The Morgan fingerprint density at radius 3 is 2.25 bits per heavy atom. The van der Waals surface area contributed by atoms with Crippen LogP contribution in [0.15, 0.2) is 5.10 Å². The summed E-state index contributed by atoms with van der Waals surface area (Å²) < 4.78 is 0. The highest BCUT2D eigenvalue weighted by atomic mass is 15.4. The minimum Gasteiger partial charge on any atom is -0.290 e. The third-order valence-corrected chi connectivity index (χ3v) is 0.545. The molecule has 0 aliphatic heterocycles. The average Bonchev–Trinajstić information content (AvgIpc) is 1.65. The summed E-state index contributed by atoms with van der Waals surface area (Å²) in [5.41, 5.74) is 0.955. The second kappa shape index (κ2) is 3.18. The van der Waals surface area contributed by atoms with E-state index in [2.05, 4.69) is 5.10 Å². The predicted octanol–water partition coefficient (Wildman–Crippen LogP) is 0.921. The minimum atomic E-state index is 0.955. The van der Waals surface area contributed by atoms with Crippen molar-refractivity contribution in [2.24, 2.45) is 5.10 Å². The van der Waals surface area contributed by atoms with Crippen molar-refractivity contribution in [3.05, 3.63) is 0 Å². The zero-order valence-electron chi connectivity index (χ0n) is 5.47. The summed E-state index contributed by atoms with van der Waals surface area (Å²) in [6, 6.07) is 0. The van der Waals surface area contributed by atoms with Gasteiger partial charge in [-0.2, -0.15) is 5.10 Å². The van der Waals surface area contributed by atoms with Crippen LogP contribution in [0.2, 0.25) is 0 Å². The molecule has 0 amide bonds. The molecular weight excluding hydrogens is 102 g/mol. The molecule has 3 heteroatoms. The molecule has 0 aliphatic rings. The molecule has 0 aromatic heterocycles. The lowest BCUT2D eigenvalue weighted by atomic mass is 10.5. The molecular formula is C5H11N3. The van der Waals surface area contributed by atoms with E-state index in [-0.39, 0.29) is 0 Å². The van der Waals surface area contributed by atoms with Crippen LogP contribution in [0, 0.1) is 5.41 Å². The Bertz CT molecular complexity index is 102. The van der Waals surface area contributed by atoms with Gasteiger partial charge in [-0.3, -0.25) is 10.4 Å². The van der Waals surface area contributed by atoms with Crippen molar-refractivity contribution in [3.8, 4) is 0 Å². The predicted molar refractivity (Wildman–Crippen MR) is 35.3 cm³/mol. The molecule has 0 radical (unpaired) electrons. The fraction of sp³-hybridized carbons (Fsp3) is 0.600. The quantitative estimate of drug-likeness (QED) is 0.323. The van der Waals surface area contributed by atoms with Crippen LogP contribution >= 0.6 is 0 Å². The first-order valence-electron chi connectivity index (χ1n) is 2.42. The van der Waals surface area contributed by atoms with Crippen molar-refractivity contribution in [3.63, 3.8) is 0 Å². The van der Waals surface area contributed by atoms with Crippen LogP contribution in [0.4, 0.5) is 0 Å². The van der Waals surface area contributed by atoms with E-state index >= 15 is 0 Å². The highest BCUT2D eigenvalue weighted by molar-refractivity contribution is 5.79. The van der Waals surface area contributed by atoms with Crippen LogP contribution in [-0.4, -0.2) is 24.1 Å². The fourth-order valence-corrected chi connectivity index (χ4v) is 0.344. The summed E-state index contributed by atoms with van der Waals surface area (Å²) in [5, 5.41) is 12.1. The lowest BCUT2D eigenvalue weighted by Crippen LogP contribution is -2.08. The van der Waals surface area contributed by atoms with Crippen LogP contribution in [0.5, 0.6) is 0 Å². The molecule has 0 saturated carbocycles. The van der Waals surface area contributed by atoms with E-state index < -0.39 is 0 Å². The first kappa shape index (κ1) is 7.14. The van der Waals surface area contributed by atoms with Gasteiger partial charge in [-0.1, -0.05) is 0 Å². The van der Waals surface area contributed by atoms with E-state index in [0.29, 0.717) is 0 Å². The molecule has 0 fully saturated rings. The van der Waals surface area contributed by atoms with Gasteiger partial charge in [-0.05, 0) is 13.8 Å².